The van der Waals surface area contributed by atoms with Crippen molar-refractivity contribution in [3.63, 3.8) is 0 Å². The van der Waals surface area contributed by atoms with Crippen molar-refractivity contribution in [3.8, 4) is 0 Å². The fraction of sp³-hybridized carbons (Fsp3) is 0.824. The maximum atomic E-state index is 13.2. The summed E-state index contributed by atoms with van der Waals surface area (Å²) < 4.78 is 30.7. The van der Waals surface area contributed by atoms with Crippen LogP contribution in [0, 0.1) is 0 Å². The van der Waals surface area contributed by atoms with Crippen molar-refractivity contribution in [1.29, 1.82) is 0 Å². The predicted molar refractivity (Wildman–Crippen MR) is 124 cm³/mol. The summed E-state index contributed by atoms with van der Waals surface area (Å²) in [6.45, 7) is 7.60. The topological polar surface area (TPSA) is 112 Å². The van der Waals surface area contributed by atoms with Crippen molar-refractivity contribution in [2.45, 2.75) is 57.5 Å². The summed E-state index contributed by atoms with van der Waals surface area (Å²) in [6.07, 6.45) is 0.587. The summed E-state index contributed by atoms with van der Waals surface area (Å²) in [5, 5.41) is 0. The van der Waals surface area contributed by atoms with E-state index in [1.165, 1.54) is 14.2 Å². The molecule has 1 aromatic rings. The van der Waals surface area contributed by atoms with E-state index >= 15 is 0 Å². The van der Waals surface area contributed by atoms with Gasteiger partial charge >= 0.3 is 34.2 Å². The molecule has 0 aliphatic rings. The Labute approximate surface area is 186 Å². The third-order valence-corrected chi connectivity index (χ3v) is 13.5. The molecule has 1 rings (SSSR count). The van der Waals surface area contributed by atoms with Gasteiger partial charge in [0.1, 0.15) is 0 Å². The van der Waals surface area contributed by atoms with E-state index in [0.717, 1.165) is 13.7 Å². The summed E-state index contributed by atoms with van der Waals surface area (Å²) >= 11 is 0. The molecule has 180 valence electrons. The Morgan fingerprint density at radius 3 is 1.45 bits per heavy atom. The highest BCUT2D eigenvalue weighted by atomic mass is 28.4. The lowest BCUT2D eigenvalue weighted by molar-refractivity contribution is 0.237. The van der Waals surface area contributed by atoms with Gasteiger partial charge in [-0.25, -0.2) is 28.1 Å². The molecule has 0 spiro atoms. The van der Waals surface area contributed by atoms with Gasteiger partial charge < -0.3 is 22.1 Å². The van der Waals surface area contributed by atoms with Crippen LogP contribution in [0.4, 0.5) is 0 Å². The fourth-order valence-electron chi connectivity index (χ4n) is 2.94. The molecule has 0 N–H and O–H groups in total. The number of nitrogens with zero attached hydrogens (tertiary/aromatic N) is 3. The van der Waals surface area contributed by atoms with Crippen LogP contribution in [0.2, 0.25) is 32.2 Å². The Hall–Kier alpha value is -1.14. The zero-order valence-electron chi connectivity index (χ0n) is 20.1. The SMILES string of the molecule is CO[Si](C)(C)Cn1c(=O)n(CCC[Si](C)(OC)OC)c(=O)n(C[Si](C)(OC)OC)c1=O. The lowest BCUT2D eigenvalue weighted by Crippen LogP contribution is -2.60. The largest absolute Gasteiger partial charge is 0.419 e. The first-order chi connectivity index (χ1) is 14.3. The molecule has 0 atom stereocenters. The lowest BCUT2D eigenvalue weighted by Gasteiger charge is -2.26. The summed E-state index contributed by atoms with van der Waals surface area (Å²) in [5.41, 5.74) is -1.99. The Bertz CT molecular complexity index is 903. The zero-order valence-corrected chi connectivity index (χ0v) is 23.1. The second-order valence-corrected chi connectivity index (χ2v) is 19.6. The van der Waals surface area contributed by atoms with Crippen LogP contribution in [-0.2, 0) is 41.0 Å². The van der Waals surface area contributed by atoms with Crippen LogP contribution in [0.1, 0.15) is 6.42 Å². The lowest BCUT2D eigenvalue weighted by atomic mass is 10.5. The zero-order chi connectivity index (χ0) is 24.0. The first-order valence-electron chi connectivity index (χ1n) is 10.0. The molecule has 0 bridgehead atoms. The van der Waals surface area contributed by atoms with E-state index in [1.54, 1.807) is 27.9 Å². The van der Waals surface area contributed by atoms with E-state index in [9.17, 15) is 14.4 Å². The van der Waals surface area contributed by atoms with Crippen molar-refractivity contribution >= 4 is 25.4 Å². The second kappa shape index (κ2) is 11.1. The van der Waals surface area contributed by atoms with Crippen molar-refractivity contribution in [1.82, 2.24) is 13.7 Å². The normalized spacial score (nSPS) is 13.1. The van der Waals surface area contributed by atoms with Gasteiger partial charge in [-0.2, -0.15) is 0 Å². The van der Waals surface area contributed by atoms with Gasteiger partial charge in [0.2, 0.25) is 8.32 Å². The molecule has 0 radical (unpaired) electrons. The minimum Gasteiger partial charge on any atom is -0.419 e. The molecule has 11 nitrogen and oxygen atoms in total. The van der Waals surface area contributed by atoms with Gasteiger partial charge in [-0.15, -0.1) is 0 Å². The molecular weight excluding hydrogens is 458 g/mol. The maximum Gasteiger partial charge on any atom is 0.355 e. The molecule has 0 unspecified atom stereocenters. The summed E-state index contributed by atoms with van der Waals surface area (Å²) in [7, 11) is 0.189. The number of aromatic nitrogens is 3. The molecular formula is C17H37N3O8Si3. The van der Waals surface area contributed by atoms with Gasteiger partial charge in [0.05, 0.1) is 12.3 Å². The molecule has 0 aliphatic heterocycles. The van der Waals surface area contributed by atoms with E-state index < -0.39 is 42.5 Å². The van der Waals surface area contributed by atoms with E-state index in [4.69, 9.17) is 22.1 Å². The molecule has 1 heterocycles. The predicted octanol–water partition coefficient (Wildman–Crippen LogP) is 0.221. The number of hydrogen-bond acceptors (Lipinski definition) is 8. The van der Waals surface area contributed by atoms with Gasteiger partial charge in [0.25, 0.3) is 0 Å². The molecule has 0 aliphatic carbocycles. The van der Waals surface area contributed by atoms with E-state index in [1.807, 2.05) is 19.6 Å². The molecule has 0 saturated carbocycles. The molecule has 0 fully saturated rings. The average molecular weight is 496 g/mol. The van der Waals surface area contributed by atoms with Gasteiger partial charge in [-0.05, 0) is 38.7 Å². The Morgan fingerprint density at radius 1 is 0.613 bits per heavy atom. The molecule has 31 heavy (non-hydrogen) atoms. The Kier molecular flexibility index (Phi) is 10.0. The molecule has 0 saturated heterocycles. The van der Waals surface area contributed by atoms with Crippen LogP contribution in [0.3, 0.4) is 0 Å². The summed E-state index contributed by atoms with van der Waals surface area (Å²) in [4.78, 5) is 39.4. The Morgan fingerprint density at radius 2 is 1.03 bits per heavy atom. The van der Waals surface area contributed by atoms with Gasteiger partial charge in [-0.1, -0.05) is 0 Å². The van der Waals surface area contributed by atoms with Crippen LogP contribution in [0.5, 0.6) is 0 Å². The molecule has 1 aromatic heterocycles. The minimum atomic E-state index is -2.82. The first kappa shape index (κ1) is 27.9. The van der Waals surface area contributed by atoms with E-state index in [2.05, 4.69) is 0 Å². The summed E-state index contributed by atoms with van der Waals surface area (Å²) in [5.74, 6) is 0. The first-order valence-corrected chi connectivity index (χ1v) is 18.2. The third-order valence-electron chi connectivity index (χ3n) is 5.66. The van der Waals surface area contributed by atoms with Crippen LogP contribution in [0.15, 0.2) is 14.4 Å². The van der Waals surface area contributed by atoms with Crippen LogP contribution >= 0.6 is 0 Å². The van der Waals surface area contributed by atoms with Crippen LogP contribution in [-0.4, -0.2) is 74.7 Å². The van der Waals surface area contributed by atoms with Crippen LogP contribution in [0.25, 0.3) is 0 Å². The highest BCUT2D eigenvalue weighted by molar-refractivity contribution is 6.69. The smallest absolute Gasteiger partial charge is 0.355 e. The highest BCUT2D eigenvalue weighted by Crippen LogP contribution is 2.14. The van der Waals surface area contributed by atoms with Crippen LogP contribution < -0.4 is 17.1 Å². The van der Waals surface area contributed by atoms with E-state index in [0.29, 0.717) is 12.5 Å². The molecule has 0 amide bonds. The molecule has 14 heteroatoms. The fourth-order valence-corrected chi connectivity index (χ4v) is 6.74. The number of hydrogen-bond donors (Lipinski definition) is 0. The summed E-state index contributed by atoms with van der Waals surface area (Å²) in [6, 6.07) is 0.589. The minimum absolute atomic E-state index is 0.0322. The van der Waals surface area contributed by atoms with Crippen molar-refractivity contribution in [3.05, 3.63) is 31.5 Å². The third kappa shape index (κ3) is 6.92. The molecule has 0 aromatic carbocycles. The van der Waals surface area contributed by atoms with Crippen molar-refractivity contribution < 1.29 is 22.1 Å². The van der Waals surface area contributed by atoms with Gasteiger partial charge in [-0.3, -0.25) is 0 Å². The average Bonchev–Trinajstić information content (AvgIpc) is 2.76. The van der Waals surface area contributed by atoms with Gasteiger partial charge in [0, 0.05) is 42.1 Å². The standard InChI is InChI=1S/C17H37N3O8Si3/c1-24-29(6,7)13-19-15(21)18(11-10-12-30(8,25-2)26-3)16(22)20(17(19)23)14-31(9,27-4)28-5/h10-14H2,1-9H3. The van der Waals surface area contributed by atoms with Crippen molar-refractivity contribution in [2.75, 3.05) is 35.5 Å². The number of rotatable bonds is 13. The quantitative estimate of drug-likeness (QED) is 0.357. The maximum absolute atomic E-state index is 13.2. The van der Waals surface area contributed by atoms with Crippen molar-refractivity contribution in [2.24, 2.45) is 0 Å². The highest BCUT2D eigenvalue weighted by Gasteiger charge is 2.34. The van der Waals surface area contributed by atoms with Gasteiger partial charge in [0.15, 0.2) is 0 Å². The monoisotopic (exact) mass is 495 g/mol. The second-order valence-electron chi connectivity index (χ2n) is 8.32. The Balaban J connectivity index is 3.54. The van der Waals surface area contributed by atoms with E-state index in [-0.39, 0.29) is 18.9 Å².